The highest BCUT2D eigenvalue weighted by Crippen LogP contribution is 2.25. The Morgan fingerprint density at radius 3 is 2.76 bits per heavy atom. The lowest BCUT2D eigenvalue weighted by molar-refractivity contribution is 0.214. The van der Waals surface area contributed by atoms with Gasteiger partial charge in [-0.05, 0) is 57.3 Å². The fourth-order valence-corrected chi connectivity index (χ4v) is 4.30. The molecule has 2 N–H and O–H groups in total. The molecule has 174 valence electrons. The lowest BCUT2D eigenvalue weighted by atomic mass is 10.2. The summed E-state index contributed by atoms with van der Waals surface area (Å²) in [5.74, 6) is 1.40. The zero-order valence-electron chi connectivity index (χ0n) is 19.1. The SMILES string of the molecule is C=N/C(=C\C(=N/COc1cc(F)c2[nH]c(C)cc2c1)N1CCN(C)CC1)Nc1cc(C)ns1. The number of aryl methyl sites for hydroxylation is 2. The Morgan fingerprint density at radius 1 is 1.27 bits per heavy atom. The molecule has 1 aliphatic rings. The second kappa shape index (κ2) is 10.1. The van der Waals surface area contributed by atoms with Crippen LogP contribution in [0.1, 0.15) is 11.4 Å². The van der Waals surface area contributed by atoms with Gasteiger partial charge in [-0.2, -0.15) is 4.37 Å². The van der Waals surface area contributed by atoms with E-state index >= 15 is 0 Å². The van der Waals surface area contributed by atoms with Crippen molar-refractivity contribution < 1.29 is 9.13 Å². The maximum Gasteiger partial charge on any atom is 0.181 e. The minimum Gasteiger partial charge on any atom is -0.471 e. The molecule has 0 aliphatic carbocycles. The fourth-order valence-electron chi connectivity index (χ4n) is 3.64. The topological polar surface area (TPSA) is 81.1 Å². The van der Waals surface area contributed by atoms with Gasteiger partial charge in [0.1, 0.15) is 22.4 Å². The quantitative estimate of drug-likeness (QED) is 0.404. The van der Waals surface area contributed by atoms with E-state index in [1.807, 2.05) is 38.1 Å². The lowest BCUT2D eigenvalue weighted by Crippen LogP contribution is -2.47. The van der Waals surface area contributed by atoms with Crippen LogP contribution in [0.2, 0.25) is 0 Å². The normalized spacial score (nSPS) is 15.8. The number of H-pyrrole nitrogens is 1. The van der Waals surface area contributed by atoms with Crippen LogP contribution >= 0.6 is 11.5 Å². The number of aliphatic imine (C=N–C) groups is 2. The van der Waals surface area contributed by atoms with Crippen molar-refractivity contribution in [3.8, 4) is 5.75 Å². The number of hydrogen-bond acceptors (Lipinski definition) is 7. The number of nitrogens with one attached hydrogen (secondary N) is 2. The second-order valence-corrected chi connectivity index (χ2v) is 8.85. The Hall–Kier alpha value is -3.24. The van der Waals surface area contributed by atoms with E-state index in [4.69, 9.17) is 4.74 Å². The number of nitrogens with zero attached hydrogens (tertiary/aromatic N) is 5. The molecule has 1 aromatic carbocycles. The monoisotopic (exact) mass is 469 g/mol. The van der Waals surface area contributed by atoms with Crippen molar-refractivity contribution in [3.63, 3.8) is 0 Å². The third-order valence-corrected chi connectivity index (χ3v) is 6.18. The highest BCUT2D eigenvalue weighted by molar-refractivity contribution is 7.10. The first-order chi connectivity index (χ1) is 15.9. The Bertz CT molecular complexity index is 1190. The summed E-state index contributed by atoms with van der Waals surface area (Å²) in [6.45, 7) is 11.1. The molecule has 0 radical (unpaired) electrons. The van der Waals surface area contributed by atoms with Gasteiger partial charge in [-0.15, -0.1) is 0 Å². The molecular weight excluding hydrogens is 441 g/mol. The van der Waals surface area contributed by atoms with Gasteiger partial charge in [-0.25, -0.2) is 14.4 Å². The molecule has 0 saturated carbocycles. The Morgan fingerprint density at radius 2 is 2.06 bits per heavy atom. The van der Waals surface area contributed by atoms with E-state index in [1.54, 1.807) is 0 Å². The van der Waals surface area contributed by atoms with Gasteiger partial charge >= 0.3 is 0 Å². The molecule has 33 heavy (non-hydrogen) atoms. The van der Waals surface area contributed by atoms with E-state index in [0.29, 0.717) is 17.1 Å². The van der Waals surface area contributed by atoms with Gasteiger partial charge < -0.3 is 24.8 Å². The van der Waals surface area contributed by atoms with Crippen LogP contribution in [0.15, 0.2) is 46.1 Å². The summed E-state index contributed by atoms with van der Waals surface area (Å²) in [7, 11) is 2.10. The number of aromatic nitrogens is 2. The van der Waals surface area contributed by atoms with Crippen LogP contribution in [0.5, 0.6) is 5.75 Å². The van der Waals surface area contributed by atoms with Gasteiger partial charge in [0.25, 0.3) is 0 Å². The molecule has 2 aromatic heterocycles. The van der Waals surface area contributed by atoms with Crippen molar-refractivity contribution in [1.29, 1.82) is 0 Å². The first kappa shape index (κ1) is 22.9. The number of ether oxygens (including phenoxy) is 1. The number of fused-ring (bicyclic) bond motifs is 1. The van der Waals surface area contributed by atoms with Crippen LogP contribution in [0, 0.1) is 19.7 Å². The van der Waals surface area contributed by atoms with Crippen molar-refractivity contribution in [2.45, 2.75) is 13.8 Å². The van der Waals surface area contributed by atoms with Crippen LogP contribution in [0.25, 0.3) is 10.9 Å². The second-order valence-electron chi connectivity index (χ2n) is 8.05. The minimum atomic E-state index is -0.346. The number of amidine groups is 1. The number of benzene rings is 1. The molecule has 1 aliphatic heterocycles. The zero-order valence-corrected chi connectivity index (χ0v) is 19.9. The first-order valence-electron chi connectivity index (χ1n) is 10.7. The molecular formula is C23H28FN7OS. The third kappa shape index (κ3) is 5.77. The van der Waals surface area contributed by atoms with Crippen LogP contribution in [-0.4, -0.2) is 71.7 Å². The molecule has 1 saturated heterocycles. The Balaban J connectivity index is 1.54. The maximum atomic E-state index is 14.4. The summed E-state index contributed by atoms with van der Waals surface area (Å²) in [6.07, 6.45) is 1.86. The van der Waals surface area contributed by atoms with E-state index in [1.165, 1.54) is 17.6 Å². The number of likely N-dealkylation sites (N-methyl/N-ethyl adjacent to an activating group) is 1. The van der Waals surface area contributed by atoms with E-state index in [9.17, 15) is 4.39 Å². The van der Waals surface area contributed by atoms with Crippen molar-refractivity contribution in [2.75, 3.05) is 45.3 Å². The largest absolute Gasteiger partial charge is 0.471 e. The molecule has 10 heteroatoms. The van der Waals surface area contributed by atoms with Crippen molar-refractivity contribution in [2.24, 2.45) is 9.98 Å². The number of hydrogen-bond donors (Lipinski definition) is 2. The van der Waals surface area contributed by atoms with Crippen LogP contribution in [0.4, 0.5) is 9.39 Å². The lowest BCUT2D eigenvalue weighted by Gasteiger charge is -2.33. The maximum absolute atomic E-state index is 14.4. The average Bonchev–Trinajstić information content (AvgIpc) is 3.37. The third-order valence-electron chi connectivity index (χ3n) is 5.39. The number of anilines is 1. The highest BCUT2D eigenvalue weighted by atomic mass is 32.1. The molecule has 8 nitrogen and oxygen atoms in total. The summed E-state index contributed by atoms with van der Waals surface area (Å²) < 4.78 is 24.5. The fraction of sp³-hybridized carbons (Fsp3) is 0.348. The van der Waals surface area contributed by atoms with E-state index < -0.39 is 0 Å². The van der Waals surface area contributed by atoms with Gasteiger partial charge in [0.05, 0.1) is 11.2 Å². The van der Waals surface area contributed by atoms with Crippen molar-refractivity contribution in [1.82, 2.24) is 19.2 Å². The number of halogens is 1. The number of rotatable bonds is 7. The average molecular weight is 470 g/mol. The van der Waals surface area contributed by atoms with Crippen molar-refractivity contribution >= 4 is 40.0 Å². The number of aromatic amines is 1. The highest BCUT2D eigenvalue weighted by Gasteiger charge is 2.17. The smallest absolute Gasteiger partial charge is 0.181 e. The van der Waals surface area contributed by atoms with Gasteiger partial charge in [-0.1, -0.05) is 0 Å². The van der Waals surface area contributed by atoms with Crippen LogP contribution in [0.3, 0.4) is 0 Å². The summed E-state index contributed by atoms with van der Waals surface area (Å²) in [5.41, 5.74) is 2.32. The predicted molar refractivity (Wildman–Crippen MR) is 133 cm³/mol. The molecule has 3 aromatic rings. The molecule has 0 bridgehead atoms. The van der Waals surface area contributed by atoms with E-state index in [0.717, 1.165) is 53.8 Å². The molecule has 3 heterocycles. The van der Waals surface area contributed by atoms with Gasteiger partial charge in [0.2, 0.25) is 0 Å². The predicted octanol–water partition coefficient (Wildman–Crippen LogP) is 4.02. The Labute approximate surface area is 196 Å². The summed E-state index contributed by atoms with van der Waals surface area (Å²) in [5, 5.41) is 4.89. The summed E-state index contributed by atoms with van der Waals surface area (Å²) in [4.78, 5) is 16.3. The molecule has 0 atom stereocenters. The van der Waals surface area contributed by atoms with Crippen LogP contribution < -0.4 is 10.1 Å². The molecule has 4 rings (SSSR count). The van der Waals surface area contributed by atoms with Gasteiger partial charge in [-0.3, -0.25) is 0 Å². The summed E-state index contributed by atoms with van der Waals surface area (Å²) in [6, 6.07) is 7.03. The molecule has 0 amide bonds. The molecule has 1 fully saturated rings. The standard InChI is InChI=1S/C23H28FN7OS/c1-15-9-17-11-18(12-19(24)23(17)27-15)32-14-26-21(31-7-5-30(4)6-8-31)13-20(25-3)28-22-10-16(2)29-33-22/h9-13,27-28H,3,5-8,14H2,1-2,4H3/b20-13+,26-21+. The molecule has 0 unspecified atom stereocenters. The molecule has 0 spiro atoms. The van der Waals surface area contributed by atoms with E-state index in [-0.39, 0.29) is 12.5 Å². The Kier molecular flexibility index (Phi) is 7.05. The van der Waals surface area contributed by atoms with Gasteiger partial charge in [0, 0.05) is 49.4 Å². The number of piperazine rings is 1. The van der Waals surface area contributed by atoms with Gasteiger partial charge in [0.15, 0.2) is 12.5 Å². The first-order valence-corrected chi connectivity index (χ1v) is 11.5. The minimum absolute atomic E-state index is 0.0522. The van der Waals surface area contributed by atoms with Crippen LogP contribution in [-0.2, 0) is 0 Å². The van der Waals surface area contributed by atoms with E-state index in [2.05, 4.69) is 48.2 Å². The summed E-state index contributed by atoms with van der Waals surface area (Å²) >= 11 is 1.36. The van der Waals surface area contributed by atoms with Crippen molar-refractivity contribution in [3.05, 3.63) is 53.4 Å². The zero-order chi connectivity index (χ0) is 23.4.